The van der Waals surface area contributed by atoms with Crippen LogP contribution < -0.4 is 11.1 Å². The van der Waals surface area contributed by atoms with Gasteiger partial charge in [0.2, 0.25) is 0 Å². The van der Waals surface area contributed by atoms with Crippen molar-refractivity contribution in [3.8, 4) is 0 Å². The van der Waals surface area contributed by atoms with Gasteiger partial charge in [0.05, 0.1) is 19.8 Å². The zero-order valence-electron chi connectivity index (χ0n) is 11.4. The van der Waals surface area contributed by atoms with E-state index in [9.17, 15) is 4.79 Å². The summed E-state index contributed by atoms with van der Waals surface area (Å²) in [5, 5.41) is 2.77. The number of rotatable bonds is 4. The molecule has 21 heavy (non-hydrogen) atoms. The van der Waals surface area contributed by atoms with Gasteiger partial charge in [-0.3, -0.25) is 4.79 Å². The molecule has 1 fully saturated rings. The number of benzene rings is 1. The summed E-state index contributed by atoms with van der Waals surface area (Å²) < 4.78 is 16.2. The van der Waals surface area contributed by atoms with Crippen molar-refractivity contribution in [2.75, 3.05) is 18.5 Å². The number of hydrogen-bond acceptors (Lipinski definition) is 5. The lowest BCUT2D eigenvalue weighted by molar-refractivity contribution is -0.0440. The Bertz CT molecular complexity index is 632. The summed E-state index contributed by atoms with van der Waals surface area (Å²) in [6.07, 6.45) is -0.366. The molecule has 1 aliphatic rings. The lowest BCUT2D eigenvalue weighted by Crippen LogP contribution is -2.11. The average Bonchev–Trinajstić information content (AvgIpc) is 3.19. The molecule has 3 rings (SSSR count). The summed E-state index contributed by atoms with van der Waals surface area (Å²) in [4.78, 5) is 12.1. The first-order chi connectivity index (χ1) is 10.3. The molecule has 1 aromatic carbocycles. The van der Waals surface area contributed by atoms with Crippen molar-refractivity contribution < 1.29 is 18.7 Å². The van der Waals surface area contributed by atoms with Gasteiger partial charge in [-0.15, -0.1) is 0 Å². The molecule has 6 nitrogen and oxygen atoms in total. The van der Waals surface area contributed by atoms with Crippen LogP contribution in [0.5, 0.6) is 0 Å². The van der Waals surface area contributed by atoms with Crippen LogP contribution >= 0.6 is 0 Å². The van der Waals surface area contributed by atoms with Crippen molar-refractivity contribution in [2.24, 2.45) is 5.73 Å². The zero-order valence-corrected chi connectivity index (χ0v) is 11.4. The molecule has 0 bridgehead atoms. The second kappa shape index (κ2) is 6.09. The normalized spacial score (nSPS) is 15.3. The van der Waals surface area contributed by atoms with Crippen LogP contribution in [-0.2, 0) is 16.0 Å². The maximum Gasteiger partial charge on any atom is 0.291 e. The molecule has 1 saturated heterocycles. The number of nitrogens with two attached hydrogens (primary N) is 1. The number of ether oxygens (including phenoxy) is 2. The van der Waals surface area contributed by atoms with Crippen LogP contribution in [0, 0.1) is 0 Å². The minimum absolute atomic E-state index is 0.231. The Hall–Kier alpha value is -2.15. The van der Waals surface area contributed by atoms with Gasteiger partial charge in [-0.1, -0.05) is 12.1 Å². The predicted octanol–water partition coefficient (Wildman–Crippen LogP) is 2.04. The molecule has 3 N–H and O–H groups in total. The van der Waals surface area contributed by atoms with E-state index < -0.39 is 0 Å². The molecule has 1 aromatic heterocycles. The maximum absolute atomic E-state index is 12.1. The van der Waals surface area contributed by atoms with Gasteiger partial charge in [0, 0.05) is 11.3 Å². The van der Waals surface area contributed by atoms with Gasteiger partial charge < -0.3 is 24.9 Å². The van der Waals surface area contributed by atoms with Crippen LogP contribution in [-0.4, -0.2) is 19.1 Å². The fourth-order valence-electron chi connectivity index (χ4n) is 2.12. The summed E-state index contributed by atoms with van der Waals surface area (Å²) >= 11 is 0. The number of anilines is 1. The standard InChI is InChI=1S/C15H16N2O4/c16-9-12-4-5-13(21-12)14(18)17-11-3-1-2-10(8-11)15-19-6-7-20-15/h1-5,8,15H,6-7,9,16H2,(H,17,18). The molecule has 0 aliphatic carbocycles. The molecule has 0 saturated carbocycles. The topological polar surface area (TPSA) is 86.7 Å². The van der Waals surface area contributed by atoms with E-state index in [-0.39, 0.29) is 24.5 Å². The van der Waals surface area contributed by atoms with Gasteiger partial charge in [0.25, 0.3) is 5.91 Å². The highest BCUT2D eigenvalue weighted by Gasteiger charge is 2.19. The van der Waals surface area contributed by atoms with Crippen LogP contribution in [0.15, 0.2) is 40.8 Å². The smallest absolute Gasteiger partial charge is 0.291 e. The highest BCUT2D eigenvalue weighted by atomic mass is 16.7. The Morgan fingerprint density at radius 3 is 2.76 bits per heavy atom. The van der Waals surface area contributed by atoms with Crippen molar-refractivity contribution in [2.45, 2.75) is 12.8 Å². The zero-order chi connectivity index (χ0) is 14.7. The van der Waals surface area contributed by atoms with E-state index in [4.69, 9.17) is 19.6 Å². The second-order valence-electron chi connectivity index (χ2n) is 4.62. The first-order valence-corrected chi connectivity index (χ1v) is 6.69. The van der Waals surface area contributed by atoms with Gasteiger partial charge in [-0.05, 0) is 24.3 Å². The summed E-state index contributed by atoms with van der Waals surface area (Å²) in [6.45, 7) is 1.42. The number of nitrogens with one attached hydrogen (secondary N) is 1. The molecular formula is C15H16N2O4. The Balaban J connectivity index is 1.72. The van der Waals surface area contributed by atoms with Crippen molar-refractivity contribution in [3.63, 3.8) is 0 Å². The third-order valence-corrected chi connectivity index (χ3v) is 3.13. The number of carbonyl (C=O) groups is 1. The molecule has 0 atom stereocenters. The third kappa shape index (κ3) is 3.13. The van der Waals surface area contributed by atoms with Crippen LogP contribution in [0.25, 0.3) is 0 Å². The summed E-state index contributed by atoms with van der Waals surface area (Å²) in [7, 11) is 0. The molecule has 0 spiro atoms. The Kier molecular flexibility index (Phi) is 4.01. The lowest BCUT2D eigenvalue weighted by atomic mass is 10.2. The maximum atomic E-state index is 12.1. The van der Waals surface area contributed by atoms with Crippen LogP contribution in [0.3, 0.4) is 0 Å². The van der Waals surface area contributed by atoms with Gasteiger partial charge in [0.1, 0.15) is 5.76 Å². The van der Waals surface area contributed by atoms with Crippen molar-refractivity contribution in [3.05, 3.63) is 53.5 Å². The highest BCUT2D eigenvalue weighted by molar-refractivity contribution is 6.02. The van der Waals surface area contributed by atoms with E-state index in [1.165, 1.54) is 0 Å². The van der Waals surface area contributed by atoms with E-state index in [0.717, 1.165) is 5.56 Å². The van der Waals surface area contributed by atoms with Crippen molar-refractivity contribution in [1.29, 1.82) is 0 Å². The van der Waals surface area contributed by atoms with Crippen LogP contribution in [0.2, 0.25) is 0 Å². The molecule has 2 aromatic rings. The van der Waals surface area contributed by atoms with Crippen LogP contribution in [0.1, 0.15) is 28.2 Å². The molecule has 1 aliphatic heterocycles. The molecule has 110 valence electrons. The largest absolute Gasteiger partial charge is 0.455 e. The van der Waals surface area contributed by atoms with Gasteiger partial charge in [0.15, 0.2) is 12.1 Å². The van der Waals surface area contributed by atoms with Crippen LogP contribution in [0.4, 0.5) is 5.69 Å². The third-order valence-electron chi connectivity index (χ3n) is 3.13. The summed E-state index contributed by atoms with van der Waals surface area (Å²) in [5.74, 6) is 0.482. The van der Waals surface area contributed by atoms with E-state index in [1.807, 2.05) is 18.2 Å². The van der Waals surface area contributed by atoms with Crippen molar-refractivity contribution in [1.82, 2.24) is 0 Å². The first kappa shape index (κ1) is 13.8. The SMILES string of the molecule is NCc1ccc(C(=O)Nc2cccc(C3OCCO3)c2)o1. The Morgan fingerprint density at radius 1 is 1.24 bits per heavy atom. The number of furan rings is 1. The molecule has 1 amide bonds. The fourth-order valence-corrected chi connectivity index (χ4v) is 2.12. The Morgan fingerprint density at radius 2 is 2.05 bits per heavy atom. The van der Waals surface area contributed by atoms with E-state index >= 15 is 0 Å². The number of carbonyl (C=O) groups excluding carboxylic acids is 1. The molecule has 0 unspecified atom stereocenters. The number of amides is 1. The fraction of sp³-hybridized carbons (Fsp3) is 0.267. The summed E-state index contributed by atoms with van der Waals surface area (Å²) in [6, 6.07) is 10.6. The van der Waals surface area contributed by atoms with E-state index in [1.54, 1.807) is 18.2 Å². The monoisotopic (exact) mass is 288 g/mol. The quantitative estimate of drug-likeness (QED) is 0.899. The molecular weight excluding hydrogens is 272 g/mol. The Labute approximate surface area is 121 Å². The molecule has 6 heteroatoms. The van der Waals surface area contributed by atoms with E-state index in [0.29, 0.717) is 24.7 Å². The lowest BCUT2D eigenvalue weighted by Gasteiger charge is -2.11. The highest BCUT2D eigenvalue weighted by Crippen LogP contribution is 2.25. The first-order valence-electron chi connectivity index (χ1n) is 6.69. The minimum atomic E-state index is -0.366. The van der Waals surface area contributed by atoms with Gasteiger partial charge in [-0.2, -0.15) is 0 Å². The van der Waals surface area contributed by atoms with Gasteiger partial charge >= 0.3 is 0 Å². The van der Waals surface area contributed by atoms with Crippen molar-refractivity contribution >= 4 is 11.6 Å². The minimum Gasteiger partial charge on any atom is -0.455 e. The average molecular weight is 288 g/mol. The second-order valence-corrected chi connectivity index (χ2v) is 4.62. The summed E-state index contributed by atoms with van der Waals surface area (Å²) in [5.41, 5.74) is 6.98. The molecule has 2 heterocycles. The number of hydrogen-bond donors (Lipinski definition) is 2. The predicted molar refractivity (Wildman–Crippen MR) is 75.6 cm³/mol. The van der Waals surface area contributed by atoms with E-state index in [2.05, 4.69) is 5.32 Å². The molecule has 0 radical (unpaired) electrons. The van der Waals surface area contributed by atoms with Gasteiger partial charge in [-0.25, -0.2) is 0 Å².